The fourth-order valence-electron chi connectivity index (χ4n) is 2.05. The monoisotopic (exact) mass is 265 g/mol. The first-order valence-electron chi connectivity index (χ1n) is 7.11. The second-order valence-corrected chi connectivity index (χ2v) is 5.03. The molecule has 0 saturated carbocycles. The molecule has 1 aromatic heterocycles. The van der Waals surface area contributed by atoms with Crippen molar-refractivity contribution in [2.75, 3.05) is 20.2 Å². The van der Waals surface area contributed by atoms with E-state index in [0.717, 1.165) is 31.0 Å². The Hall–Kier alpha value is -1.29. The van der Waals surface area contributed by atoms with Gasteiger partial charge in [0.15, 0.2) is 5.75 Å². The molecule has 1 aromatic rings. The Bertz CT molecular complexity index is 408. The first-order chi connectivity index (χ1) is 9.11. The molecule has 0 aliphatic carbocycles. The zero-order valence-electron chi connectivity index (χ0n) is 12.9. The highest BCUT2D eigenvalue weighted by atomic mass is 16.5. The SMILES string of the molecule is CCCNCC/C=C(/C)c1c(OC)cnn1C(C)C. The van der Waals surface area contributed by atoms with E-state index < -0.39 is 0 Å². The number of hydrogen-bond acceptors (Lipinski definition) is 3. The van der Waals surface area contributed by atoms with Crippen molar-refractivity contribution in [1.82, 2.24) is 15.1 Å². The highest BCUT2D eigenvalue weighted by Crippen LogP contribution is 2.28. The normalized spacial score (nSPS) is 12.2. The fourth-order valence-corrected chi connectivity index (χ4v) is 2.05. The lowest BCUT2D eigenvalue weighted by atomic mass is 10.1. The molecule has 1 rings (SSSR count). The number of rotatable bonds is 8. The van der Waals surface area contributed by atoms with Crippen LogP contribution in [0.4, 0.5) is 0 Å². The van der Waals surface area contributed by atoms with Crippen LogP contribution in [0.5, 0.6) is 5.75 Å². The molecule has 4 heteroatoms. The van der Waals surface area contributed by atoms with Gasteiger partial charge in [-0.2, -0.15) is 5.10 Å². The van der Waals surface area contributed by atoms with E-state index in [9.17, 15) is 0 Å². The summed E-state index contributed by atoms with van der Waals surface area (Å²) in [7, 11) is 1.70. The molecule has 1 N–H and O–H groups in total. The van der Waals surface area contributed by atoms with Crippen molar-refractivity contribution < 1.29 is 4.74 Å². The summed E-state index contributed by atoms with van der Waals surface area (Å²) in [6.07, 6.45) is 6.25. The van der Waals surface area contributed by atoms with Crippen molar-refractivity contribution in [2.24, 2.45) is 0 Å². The zero-order valence-corrected chi connectivity index (χ0v) is 12.9. The van der Waals surface area contributed by atoms with Crippen LogP contribution in [0.2, 0.25) is 0 Å². The van der Waals surface area contributed by atoms with Gasteiger partial charge in [-0.15, -0.1) is 0 Å². The van der Waals surface area contributed by atoms with Crippen molar-refractivity contribution in [1.29, 1.82) is 0 Å². The van der Waals surface area contributed by atoms with Crippen LogP contribution in [0, 0.1) is 0 Å². The Morgan fingerprint density at radius 2 is 2.21 bits per heavy atom. The molecule has 0 unspecified atom stereocenters. The molecule has 0 aliphatic rings. The standard InChI is InChI=1S/C15H27N3O/c1-6-9-16-10-7-8-13(4)15-14(19-5)11-17-18(15)12(2)3/h8,11-12,16H,6-7,9-10H2,1-5H3/b13-8-. The minimum Gasteiger partial charge on any atom is -0.493 e. The Kier molecular flexibility index (Phi) is 6.64. The molecule has 0 atom stereocenters. The van der Waals surface area contributed by atoms with Gasteiger partial charge >= 0.3 is 0 Å². The summed E-state index contributed by atoms with van der Waals surface area (Å²) in [5.74, 6) is 0.851. The average Bonchev–Trinajstić information content (AvgIpc) is 2.82. The first kappa shape index (κ1) is 15.8. The van der Waals surface area contributed by atoms with Gasteiger partial charge in [0.1, 0.15) is 5.69 Å². The van der Waals surface area contributed by atoms with Crippen molar-refractivity contribution in [2.45, 2.75) is 46.6 Å². The minimum absolute atomic E-state index is 0.334. The van der Waals surface area contributed by atoms with E-state index in [4.69, 9.17) is 4.74 Å². The summed E-state index contributed by atoms with van der Waals surface area (Å²) in [4.78, 5) is 0. The zero-order chi connectivity index (χ0) is 14.3. The number of methoxy groups -OCH3 is 1. The van der Waals surface area contributed by atoms with E-state index in [-0.39, 0.29) is 0 Å². The number of ether oxygens (including phenoxy) is 1. The van der Waals surface area contributed by atoms with Crippen molar-refractivity contribution >= 4 is 5.57 Å². The number of allylic oxidation sites excluding steroid dienone is 1. The lowest BCUT2D eigenvalue weighted by Crippen LogP contribution is -2.15. The lowest BCUT2D eigenvalue weighted by Gasteiger charge is -2.12. The maximum Gasteiger partial charge on any atom is 0.164 e. The highest BCUT2D eigenvalue weighted by molar-refractivity contribution is 5.66. The van der Waals surface area contributed by atoms with E-state index in [0.29, 0.717) is 6.04 Å². The summed E-state index contributed by atoms with van der Waals surface area (Å²) >= 11 is 0. The van der Waals surface area contributed by atoms with E-state index >= 15 is 0 Å². The van der Waals surface area contributed by atoms with E-state index in [2.05, 4.69) is 44.2 Å². The largest absolute Gasteiger partial charge is 0.493 e. The van der Waals surface area contributed by atoms with Gasteiger partial charge in [0.2, 0.25) is 0 Å². The van der Waals surface area contributed by atoms with E-state index in [1.54, 1.807) is 13.3 Å². The van der Waals surface area contributed by atoms with Crippen molar-refractivity contribution in [3.8, 4) is 5.75 Å². The lowest BCUT2D eigenvalue weighted by molar-refractivity contribution is 0.410. The second-order valence-electron chi connectivity index (χ2n) is 5.03. The third-order valence-corrected chi connectivity index (χ3v) is 3.04. The van der Waals surface area contributed by atoms with Gasteiger partial charge < -0.3 is 10.1 Å². The molecule has 4 nitrogen and oxygen atoms in total. The Morgan fingerprint density at radius 1 is 1.47 bits per heavy atom. The van der Waals surface area contributed by atoms with Crippen LogP contribution in [0.25, 0.3) is 5.57 Å². The van der Waals surface area contributed by atoms with Crippen molar-refractivity contribution in [3.05, 3.63) is 18.0 Å². The van der Waals surface area contributed by atoms with Gasteiger partial charge in [-0.3, -0.25) is 4.68 Å². The molecule has 0 spiro atoms. The summed E-state index contributed by atoms with van der Waals surface area (Å²) in [6.45, 7) is 10.7. The van der Waals surface area contributed by atoms with Crippen LogP contribution in [0.1, 0.15) is 52.3 Å². The summed E-state index contributed by atoms with van der Waals surface area (Å²) in [5.41, 5.74) is 2.31. The number of hydrogen-bond donors (Lipinski definition) is 1. The van der Waals surface area contributed by atoms with Gasteiger partial charge in [-0.25, -0.2) is 0 Å². The number of aromatic nitrogens is 2. The number of nitrogens with zero attached hydrogens (tertiary/aromatic N) is 2. The fraction of sp³-hybridized carbons (Fsp3) is 0.667. The molecular weight excluding hydrogens is 238 g/mol. The first-order valence-corrected chi connectivity index (χ1v) is 7.11. The molecule has 19 heavy (non-hydrogen) atoms. The molecule has 0 saturated heterocycles. The van der Waals surface area contributed by atoms with Gasteiger partial charge in [0, 0.05) is 6.04 Å². The second kappa shape index (κ2) is 8.00. The molecule has 0 radical (unpaired) electrons. The van der Waals surface area contributed by atoms with Crippen LogP contribution in [0.15, 0.2) is 12.3 Å². The van der Waals surface area contributed by atoms with Gasteiger partial charge in [-0.05, 0) is 52.3 Å². The van der Waals surface area contributed by atoms with Gasteiger partial charge in [0.25, 0.3) is 0 Å². The Morgan fingerprint density at radius 3 is 2.79 bits per heavy atom. The maximum absolute atomic E-state index is 5.40. The highest BCUT2D eigenvalue weighted by Gasteiger charge is 2.14. The van der Waals surface area contributed by atoms with Crippen LogP contribution in [-0.4, -0.2) is 30.0 Å². The van der Waals surface area contributed by atoms with Crippen LogP contribution in [0.3, 0.4) is 0 Å². The molecular formula is C15H27N3O. The smallest absolute Gasteiger partial charge is 0.164 e. The maximum atomic E-state index is 5.40. The van der Waals surface area contributed by atoms with E-state index in [1.807, 2.05) is 4.68 Å². The molecule has 0 bridgehead atoms. The van der Waals surface area contributed by atoms with Crippen LogP contribution >= 0.6 is 0 Å². The van der Waals surface area contributed by atoms with Crippen molar-refractivity contribution in [3.63, 3.8) is 0 Å². The minimum atomic E-state index is 0.334. The summed E-state index contributed by atoms with van der Waals surface area (Å²) in [6, 6.07) is 0.334. The molecule has 0 fully saturated rings. The van der Waals surface area contributed by atoms with E-state index in [1.165, 1.54) is 12.0 Å². The summed E-state index contributed by atoms with van der Waals surface area (Å²) in [5, 5.41) is 7.80. The third-order valence-electron chi connectivity index (χ3n) is 3.04. The molecule has 0 aromatic carbocycles. The predicted molar refractivity (Wildman–Crippen MR) is 80.6 cm³/mol. The van der Waals surface area contributed by atoms with Gasteiger partial charge in [0.05, 0.1) is 13.3 Å². The quantitative estimate of drug-likeness (QED) is 0.733. The van der Waals surface area contributed by atoms with Crippen LogP contribution < -0.4 is 10.1 Å². The Balaban J connectivity index is 2.76. The van der Waals surface area contributed by atoms with Gasteiger partial charge in [-0.1, -0.05) is 13.0 Å². The topological polar surface area (TPSA) is 39.1 Å². The molecule has 0 aliphatic heterocycles. The molecule has 1 heterocycles. The third kappa shape index (κ3) is 4.39. The average molecular weight is 265 g/mol. The number of nitrogens with one attached hydrogen (secondary N) is 1. The predicted octanol–water partition coefficient (Wildman–Crippen LogP) is 3.27. The summed E-state index contributed by atoms with van der Waals surface area (Å²) < 4.78 is 7.42. The Labute approximate surface area is 116 Å². The van der Waals surface area contributed by atoms with Crippen LogP contribution in [-0.2, 0) is 0 Å². The molecule has 0 amide bonds. The molecule has 108 valence electrons.